The van der Waals surface area contributed by atoms with Gasteiger partial charge in [0.1, 0.15) is 17.1 Å². The Morgan fingerprint density at radius 3 is 2.72 bits per heavy atom. The van der Waals surface area contributed by atoms with E-state index in [1.165, 1.54) is 4.90 Å². The summed E-state index contributed by atoms with van der Waals surface area (Å²) < 4.78 is 45.6. The van der Waals surface area contributed by atoms with Crippen molar-refractivity contribution in [2.75, 3.05) is 30.8 Å². The normalized spacial score (nSPS) is 15.0. The number of alkyl halides is 3. The van der Waals surface area contributed by atoms with Gasteiger partial charge in [-0.25, -0.2) is 4.98 Å². The highest BCUT2D eigenvalue weighted by molar-refractivity contribution is 5.95. The van der Waals surface area contributed by atoms with Crippen molar-refractivity contribution in [3.8, 4) is 5.75 Å². The fraction of sp³-hybridized carbons (Fsp3) is 0.421. The van der Waals surface area contributed by atoms with Crippen LogP contribution < -0.4 is 15.4 Å². The Morgan fingerprint density at radius 2 is 2.03 bits per heavy atom. The van der Waals surface area contributed by atoms with Crippen LogP contribution in [0, 0.1) is 0 Å². The molecule has 0 saturated heterocycles. The number of carbonyl (C=O) groups is 1. The zero-order valence-corrected chi connectivity index (χ0v) is 16.3. The maximum atomic E-state index is 13.3. The van der Waals surface area contributed by atoms with Gasteiger partial charge in [0, 0.05) is 31.9 Å². The van der Waals surface area contributed by atoms with Gasteiger partial charge in [-0.05, 0) is 38.5 Å². The first kappa shape index (κ1) is 20.7. The molecule has 2 aromatic rings. The summed E-state index contributed by atoms with van der Waals surface area (Å²) in [6, 6.07) is 4.88. The number of hydrogen-bond donors (Lipinski definition) is 2. The Bertz CT molecular complexity index is 902. The molecule has 3 rings (SSSR count). The van der Waals surface area contributed by atoms with Crippen molar-refractivity contribution < 1.29 is 22.7 Å². The van der Waals surface area contributed by atoms with E-state index in [1.54, 1.807) is 25.2 Å². The van der Waals surface area contributed by atoms with Crippen LogP contribution in [0.15, 0.2) is 24.4 Å². The first-order valence-electron chi connectivity index (χ1n) is 9.16. The Labute approximate surface area is 166 Å². The molecule has 0 atom stereocenters. The molecule has 0 aliphatic carbocycles. The van der Waals surface area contributed by atoms with Crippen molar-refractivity contribution in [3.05, 3.63) is 35.5 Å². The molecule has 0 saturated carbocycles. The molecule has 0 unspecified atom stereocenters. The minimum absolute atomic E-state index is 0.0358. The van der Waals surface area contributed by atoms with E-state index < -0.39 is 11.7 Å². The third-order valence-corrected chi connectivity index (χ3v) is 4.24. The number of rotatable bonds is 2. The maximum absolute atomic E-state index is 13.3. The molecule has 0 spiro atoms. The molecule has 29 heavy (non-hydrogen) atoms. The molecule has 2 N–H and O–H groups in total. The summed E-state index contributed by atoms with van der Waals surface area (Å²) in [7, 11) is 1.65. The standard InChI is InChI=1S/C19H22F3N5O2/c1-11(2)29-15-6-5-12-9-14(15)25-18-24-10-13(19(20,21)22)16(26-18)23-7-4-8-27(3)17(12)28/h5-6,9-11H,4,7-8H2,1-3H3,(H2,23,24,25,26). The third kappa shape index (κ3) is 4.87. The highest BCUT2D eigenvalue weighted by atomic mass is 19.4. The van der Waals surface area contributed by atoms with Gasteiger partial charge in [0.05, 0.1) is 11.8 Å². The topological polar surface area (TPSA) is 79.4 Å². The number of carbonyl (C=O) groups excluding carboxylic acids is 1. The Balaban J connectivity index is 2.08. The molecule has 2 heterocycles. The number of halogens is 3. The van der Waals surface area contributed by atoms with E-state index in [9.17, 15) is 18.0 Å². The van der Waals surface area contributed by atoms with Crippen LogP contribution in [0.1, 0.15) is 36.2 Å². The number of nitrogens with zero attached hydrogens (tertiary/aromatic N) is 3. The van der Waals surface area contributed by atoms with Gasteiger partial charge in [0.15, 0.2) is 0 Å². The number of aromatic nitrogens is 2. The zero-order valence-electron chi connectivity index (χ0n) is 16.3. The average molecular weight is 409 g/mol. The lowest BCUT2D eigenvalue weighted by Gasteiger charge is -2.19. The number of ether oxygens (including phenoxy) is 1. The number of fused-ring (bicyclic) bond motifs is 4. The highest BCUT2D eigenvalue weighted by Gasteiger charge is 2.35. The molecule has 10 heteroatoms. The summed E-state index contributed by atoms with van der Waals surface area (Å²) in [5.41, 5.74) is -0.136. The molecule has 1 aromatic carbocycles. The highest BCUT2D eigenvalue weighted by Crippen LogP contribution is 2.35. The maximum Gasteiger partial charge on any atom is 0.421 e. The van der Waals surface area contributed by atoms with Gasteiger partial charge in [0.25, 0.3) is 5.91 Å². The molecular formula is C19H22F3N5O2. The van der Waals surface area contributed by atoms with Gasteiger partial charge in [0.2, 0.25) is 5.95 Å². The van der Waals surface area contributed by atoms with E-state index in [-0.39, 0.29) is 30.3 Å². The number of amides is 1. The molecule has 0 fully saturated rings. The molecule has 1 aromatic heterocycles. The smallest absolute Gasteiger partial charge is 0.421 e. The van der Waals surface area contributed by atoms with E-state index in [1.807, 2.05) is 13.8 Å². The van der Waals surface area contributed by atoms with E-state index in [0.29, 0.717) is 30.0 Å². The predicted octanol–water partition coefficient (Wildman–Crippen LogP) is 3.91. The lowest BCUT2D eigenvalue weighted by atomic mass is 10.1. The minimum atomic E-state index is -4.59. The second-order valence-electron chi connectivity index (χ2n) is 6.96. The van der Waals surface area contributed by atoms with Crippen molar-refractivity contribution in [3.63, 3.8) is 0 Å². The third-order valence-electron chi connectivity index (χ3n) is 4.24. The van der Waals surface area contributed by atoms with Crippen LogP contribution in [0.2, 0.25) is 0 Å². The number of anilines is 3. The second-order valence-corrected chi connectivity index (χ2v) is 6.96. The van der Waals surface area contributed by atoms with Gasteiger partial charge < -0.3 is 20.3 Å². The van der Waals surface area contributed by atoms with E-state index in [2.05, 4.69) is 20.6 Å². The molecule has 1 amide bonds. The van der Waals surface area contributed by atoms with Gasteiger partial charge in [-0.15, -0.1) is 0 Å². The fourth-order valence-electron chi connectivity index (χ4n) is 2.87. The molecule has 1 aliphatic heterocycles. The summed E-state index contributed by atoms with van der Waals surface area (Å²) in [5.74, 6) is -0.115. The number of benzene rings is 1. The second kappa shape index (κ2) is 8.14. The van der Waals surface area contributed by atoms with Crippen molar-refractivity contribution in [1.82, 2.24) is 14.9 Å². The van der Waals surface area contributed by atoms with Crippen LogP contribution in [-0.2, 0) is 6.18 Å². The van der Waals surface area contributed by atoms with Gasteiger partial charge in [-0.1, -0.05) is 0 Å². The minimum Gasteiger partial charge on any atom is -0.489 e. The predicted molar refractivity (Wildman–Crippen MR) is 103 cm³/mol. The van der Waals surface area contributed by atoms with Crippen molar-refractivity contribution in [2.24, 2.45) is 0 Å². The first-order chi connectivity index (χ1) is 13.6. The SMILES string of the molecule is CC(C)Oc1ccc2cc1Nc1ncc(C(F)(F)F)c(n1)NCCCN(C)C2=O. The summed E-state index contributed by atoms with van der Waals surface area (Å²) in [6.07, 6.45) is -3.55. The zero-order chi connectivity index (χ0) is 21.2. The Morgan fingerprint density at radius 1 is 1.28 bits per heavy atom. The van der Waals surface area contributed by atoms with Crippen molar-refractivity contribution >= 4 is 23.4 Å². The largest absolute Gasteiger partial charge is 0.489 e. The molecule has 4 bridgehead atoms. The van der Waals surface area contributed by atoms with Crippen molar-refractivity contribution in [2.45, 2.75) is 32.5 Å². The Hall–Kier alpha value is -3.04. The summed E-state index contributed by atoms with van der Waals surface area (Å²) in [5, 5.41) is 5.59. The van der Waals surface area contributed by atoms with Crippen molar-refractivity contribution in [1.29, 1.82) is 0 Å². The monoisotopic (exact) mass is 409 g/mol. The molecule has 0 radical (unpaired) electrons. The van der Waals surface area contributed by atoms with Crippen LogP contribution in [0.3, 0.4) is 0 Å². The summed E-state index contributed by atoms with van der Waals surface area (Å²) in [6.45, 7) is 4.28. The van der Waals surface area contributed by atoms with E-state index in [0.717, 1.165) is 6.20 Å². The average Bonchev–Trinajstić information content (AvgIpc) is 2.64. The van der Waals surface area contributed by atoms with Crippen LogP contribution >= 0.6 is 0 Å². The van der Waals surface area contributed by atoms with Crippen LogP contribution in [0.25, 0.3) is 0 Å². The van der Waals surface area contributed by atoms with Gasteiger partial charge >= 0.3 is 6.18 Å². The van der Waals surface area contributed by atoms with Crippen LogP contribution in [0.5, 0.6) is 5.75 Å². The quantitative estimate of drug-likeness (QED) is 0.783. The first-order valence-corrected chi connectivity index (χ1v) is 9.16. The Kier molecular flexibility index (Phi) is 5.81. The summed E-state index contributed by atoms with van der Waals surface area (Å²) in [4.78, 5) is 22.0. The lowest BCUT2D eigenvalue weighted by Crippen LogP contribution is -2.29. The molecular weight excluding hydrogens is 387 g/mol. The van der Waals surface area contributed by atoms with Gasteiger partial charge in [-0.3, -0.25) is 4.79 Å². The van der Waals surface area contributed by atoms with Crippen LogP contribution in [-0.4, -0.2) is 47.0 Å². The van der Waals surface area contributed by atoms with E-state index >= 15 is 0 Å². The molecule has 7 nitrogen and oxygen atoms in total. The molecule has 1 aliphatic rings. The number of hydrogen-bond acceptors (Lipinski definition) is 6. The number of nitrogens with one attached hydrogen (secondary N) is 2. The van der Waals surface area contributed by atoms with E-state index in [4.69, 9.17) is 4.74 Å². The molecule has 156 valence electrons. The van der Waals surface area contributed by atoms with Gasteiger partial charge in [-0.2, -0.15) is 18.2 Å². The summed E-state index contributed by atoms with van der Waals surface area (Å²) >= 11 is 0. The lowest BCUT2D eigenvalue weighted by molar-refractivity contribution is -0.137. The van der Waals surface area contributed by atoms with Crippen LogP contribution in [0.4, 0.5) is 30.6 Å². The fourth-order valence-corrected chi connectivity index (χ4v) is 2.87.